The van der Waals surface area contributed by atoms with E-state index in [2.05, 4.69) is 20.2 Å². The summed E-state index contributed by atoms with van der Waals surface area (Å²) >= 11 is 1.22. The van der Waals surface area contributed by atoms with Crippen molar-refractivity contribution in [3.05, 3.63) is 77.1 Å². The zero-order chi connectivity index (χ0) is 25.1. The summed E-state index contributed by atoms with van der Waals surface area (Å²) in [7, 11) is 0. The molecular weight excluding hydrogens is 469 g/mol. The second kappa shape index (κ2) is 10.2. The quantitative estimate of drug-likeness (QED) is 0.210. The molecule has 0 aliphatic rings. The summed E-state index contributed by atoms with van der Waals surface area (Å²) in [6.45, 7) is 7.21. The third-order valence-corrected chi connectivity index (χ3v) is 6.51. The van der Waals surface area contributed by atoms with Gasteiger partial charge in [-0.2, -0.15) is 0 Å². The van der Waals surface area contributed by atoms with Crippen molar-refractivity contribution in [1.82, 2.24) is 24.7 Å². The predicted octanol–water partition coefficient (Wildman–Crippen LogP) is 4.95. The van der Waals surface area contributed by atoms with Gasteiger partial charge in [-0.3, -0.25) is 14.3 Å². The van der Waals surface area contributed by atoms with Crippen molar-refractivity contribution >= 4 is 23.5 Å². The van der Waals surface area contributed by atoms with E-state index in [4.69, 9.17) is 4.74 Å². The van der Waals surface area contributed by atoms with Crippen molar-refractivity contribution < 1.29 is 18.7 Å². The first-order chi connectivity index (χ1) is 16.8. The Balaban J connectivity index is 1.69. The van der Waals surface area contributed by atoms with Crippen LogP contribution in [0.25, 0.3) is 17.1 Å². The third kappa shape index (κ3) is 4.88. The van der Waals surface area contributed by atoms with Gasteiger partial charge in [-0.05, 0) is 69.7 Å². The van der Waals surface area contributed by atoms with Crippen LogP contribution in [0.1, 0.15) is 46.0 Å². The molecule has 1 aromatic carbocycles. The first-order valence-corrected chi connectivity index (χ1v) is 11.9. The van der Waals surface area contributed by atoms with Gasteiger partial charge in [0.2, 0.25) is 0 Å². The molecular formula is C25H24FN5O3S. The van der Waals surface area contributed by atoms with Gasteiger partial charge in [-0.15, -0.1) is 10.2 Å². The molecule has 0 radical (unpaired) electrons. The molecule has 1 unspecified atom stereocenters. The number of aromatic amines is 1. The Morgan fingerprint density at radius 3 is 2.46 bits per heavy atom. The van der Waals surface area contributed by atoms with Gasteiger partial charge in [-0.1, -0.05) is 11.8 Å². The number of nitrogens with one attached hydrogen (secondary N) is 1. The van der Waals surface area contributed by atoms with Gasteiger partial charge in [-0.25, -0.2) is 9.18 Å². The molecule has 8 nitrogen and oxygen atoms in total. The lowest BCUT2D eigenvalue weighted by Gasteiger charge is -2.13. The largest absolute Gasteiger partial charge is 0.462 e. The van der Waals surface area contributed by atoms with Gasteiger partial charge in [0.1, 0.15) is 5.82 Å². The zero-order valence-electron chi connectivity index (χ0n) is 19.7. The average molecular weight is 494 g/mol. The topological polar surface area (TPSA) is 103 Å². The second-order valence-electron chi connectivity index (χ2n) is 7.82. The van der Waals surface area contributed by atoms with Crippen molar-refractivity contribution in [2.45, 2.75) is 38.1 Å². The monoisotopic (exact) mass is 493 g/mol. The number of ether oxygens (including phenoxy) is 1. The van der Waals surface area contributed by atoms with E-state index in [1.807, 2.05) is 0 Å². The molecule has 4 aromatic rings. The maximum absolute atomic E-state index is 13.6. The Bertz CT molecular complexity index is 1370. The number of rotatable bonds is 8. The number of nitrogens with zero attached hydrogens (tertiary/aromatic N) is 4. The van der Waals surface area contributed by atoms with E-state index in [1.165, 1.54) is 23.9 Å². The van der Waals surface area contributed by atoms with Gasteiger partial charge >= 0.3 is 5.97 Å². The highest BCUT2D eigenvalue weighted by molar-refractivity contribution is 8.00. The lowest BCUT2D eigenvalue weighted by molar-refractivity contribution is 0.0525. The van der Waals surface area contributed by atoms with Crippen molar-refractivity contribution in [1.29, 1.82) is 0 Å². The number of ketones is 1. The van der Waals surface area contributed by atoms with Gasteiger partial charge in [0.15, 0.2) is 16.8 Å². The van der Waals surface area contributed by atoms with Crippen LogP contribution in [0.5, 0.6) is 0 Å². The number of carbonyl (C=O) groups excluding carboxylic acids is 2. The van der Waals surface area contributed by atoms with Crippen molar-refractivity contribution in [2.75, 3.05) is 6.61 Å². The maximum Gasteiger partial charge on any atom is 0.340 e. The maximum atomic E-state index is 13.6. The van der Waals surface area contributed by atoms with Crippen LogP contribution < -0.4 is 0 Å². The van der Waals surface area contributed by atoms with Crippen molar-refractivity contribution in [3.63, 3.8) is 0 Å². The number of H-pyrrole nitrogens is 1. The molecule has 0 saturated heterocycles. The Hall–Kier alpha value is -3.79. The zero-order valence-corrected chi connectivity index (χ0v) is 20.5. The number of carbonyl (C=O) groups is 2. The van der Waals surface area contributed by atoms with Crippen LogP contribution in [0, 0.1) is 19.7 Å². The number of esters is 1. The molecule has 10 heteroatoms. The summed E-state index contributed by atoms with van der Waals surface area (Å²) in [5.74, 6) is -0.473. The number of Topliss-reactive ketones (excluding diaryl/α,β-unsaturated/α-hetero) is 1. The van der Waals surface area contributed by atoms with Crippen LogP contribution in [-0.4, -0.2) is 48.3 Å². The van der Waals surface area contributed by atoms with Crippen LogP contribution in [0.4, 0.5) is 4.39 Å². The molecule has 0 fully saturated rings. The van der Waals surface area contributed by atoms with Crippen molar-refractivity contribution in [3.8, 4) is 17.1 Å². The smallest absolute Gasteiger partial charge is 0.340 e. The normalized spacial score (nSPS) is 11.9. The predicted molar refractivity (Wildman–Crippen MR) is 130 cm³/mol. The summed E-state index contributed by atoms with van der Waals surface area (Å²) < 4.78 is 20.5. The standard InChI is InChI=1S/C25H24FN5O3S/c1-5-34-24(33)20-14(2)21(28-15(20)3)22(32)16(4)35-25-30-29-23(17-10-12-27-13-11-17)31(25)19-8-6-18(26)7-9-19/h6-13,16,28H,5H2,1-4H3. The van der Waals surface area contributed by atoms with Crippen LogP contribution in [0.2, 0.25) is 0 Å². The molecule has 35 heavy (non-hydrogen) atoms. The fourth-order valence-electron chi connectivity index (χ4n) is 3.78. The molecule has 180 valence electrons. The number of halogens is 1. The number of benzene rings is 1. The lowest BCUT2D eigenvalue weighted by atomic mass is 10.1. The second-order valence-corrected chi connectivity index (χ2v) is 9.13. The van der Waals surface area contributed by atoms with Crippen LogP contribution in [0.3, 0.4) is 0 Å². The highest BCUT2D eigenvalue weighted by Crippen LogP contribution is 2.32. The fourth-order valence-corrected chi connectivity index (χ4v) is 4.70. The number of hydrogen-bond acceptors (Lipinski definition) is 7. The molecule has 0 saturated carbocycles. The number of aromatic nitrogens is 5. The molecule has 0 aliphatic heterocycles. The summed E-state index contributed by atoms with van der Waals surface area (Å²) in [4.78, 5) is 32.8. The fraction of sp³-hybridized carbons (Fsp3) is 0.240. The molecule has 4 rings (SSSR count). The number of pyridine rings is 1. The van der Waals surface area contributed by atoms with E-state index in [-0.39, 0.29) is 18.2 Å². The van der Waals surface area contributed by atoms with Crippen LogP contribution in [0.15, 0.2) is 53.9 Å². The first-order valence-electron chi connectivity index (χ1n) is 11.0. The summed E-state index contributed by atoms with van der Waals surface area (Å²) in [5, 5.41) is 8.58. The van der Waals surface area contributed by atoms with E-state index in [0.717, 1.165) is 5.56 Å². The number of thioether (sulfide) groups is 1. The molecule has 0 bridgehead atoms. The van der Waals surface area contributed by atoms with Crippen LogP contribution in [-0.2, 0) is 4.74 Å². The minimum absolute atomic E-state index is 0.190. The van der Waals surface area contributed by atoms with Gasteiger partial charge in [0, 0.05) is 29.3 Å². The molecule has 0 amide bonds. The highest BCUT2D eigenvalue weighted by Gasteiger charge is 2.28. The minimum Gasteiger partial charge on any atom is -0.462 e. The molecule has 1 atom stereocenters. The molecule has 0 aliphatic carbocycles. The molecule has 3 aromatic heterocycles. The summed E-state index contributed by atoms with van der Waals surface area (Å²) in [6.07, 6.45) is 3.30. The van der Waals surface area contributed by atoms with Gasteiger partial charge < -0.3 is 9.72 Å². The van der Waals surface area contributed by atoms with E-state index >= 15 is 0 Å². The Labute approximate surface area is 206 Å². The lowest BCUT2D eigenvalue weighted by Crippen LogP contribution is -2.16. The molecule has 1 N–H and O–H groups in total. The number of aryl methyl sites for hydroxylation is 1. The third-order valence-electron chi connectivity index (χ3n) is 5.47. The van der Waals surface area contributed by atoms with Gasteiger partial charge in [0.25, 0.3) is 0 Å². The number of hydrogen-bond donors (Lipinski definition) is 1. The van der Waals surface area contributed by atoms with Gasteiger partial charge in [0.05, 0.1) is 23.1 Å². The highest BCUT2D eigenvalue weighted by atomic mass is 32.2. The summed E-state index contributed by atoms with van der Waals surface area (Å²) in [6, 6.07) is 9.57. The molecule has 0 spiro atoms. The van der Waals surface area contributed by atoms with Crippen molar-refractivity contribution in [2.24, 2.45) is 0 Å². The Kier molecular flexibility index (Phi) is 7.11. The first kappa shape index (κ1) is 24.3. The Morgan fingerprint density at radius 1 is 1.11 bits per heavy atom. The SMILES string of the molecule is CCOC(=O)c1c(C)[nH]c(C(=O)C(C)Sc2nnc(-c3ccncc3)n2-c2ccc(F)cc2)c1C. The average Bonchev–Trinajstić information content (AvgIpc) is 3.39. The summed E-state index contributed by atoms with van der Waals surface area (Å²) in [5.41, 5.74) is 3.29. The van der Waals surface area contributed by atoms with E-state index in [0.29, 0.717) is 39.2 Å². The minimum atomic E-state index is -0.560. The van der Waals surface area contributed by atoms with E-state index < -0.39 is 11.2 Å². The Morgan fingerprint density at radius 2 is 1.80 bits per heavy atom. The van der Waals surface area contributed by atoms with Crippen LogP contribution >= 0.6 is 11.8 Å². The van der Waals surface area contributed by atoms with E-state index in [1.54, 1.807) is 68.9 Å². The molecule has 3 heterocycles. The van der Waals surface area contributed by atoms with E-state index in [9.17, 15) is 14.0 Å².